The fraction of sp³-hybridized carbons (Fsp3) is 0.200. The molecule has 96 valence electrons. The Morgan fingerprint density at radius 2 is 1.95 bits per heavy atom. The van der Waals surface area contributed by atoms with Crippen LogP contribution in [-0.4, -0.2) is 11.6 Å². The first-order valence-corrected chi connectivity index (χ1v) is 6.09. The number of rotatable bonds is 5. The van der Waals surface area contributed by atoms with Crippen molar-refractivity contribution >= 4 is 0 Å². The van der Waals surface area contributed by atoms with Crippen LogP contribution in [0.15, 0.2) is 42.7 Å². The van der Waals surface area contributed by atoms with Crippen molar-refractivity contribution in [3.05, 3.63) is 48.3 Å². The standard InChI is InChI=1S/C15H14N2O2/c1-2-9-18-13-5-3-4-6-14(13)19-15-11-17-8-7-12(15)10-16/h3-8,11H,2,9H2,1H3. The Morgan fingerprint density at radius 1 is 1.16 bits per heavy atom. The molecule has 0 spiro atoms. The number of hydrogen-bond acceptors (Lipinski definition) is 4. The maximum absolute atomic E-state index is 9.02. The Labute approximate surface area is 112 Å². The van der Waals surface area contributed by atoms with Crippen molar-refractivity contribution in [2.75, 3.05) is 6.61 Å². The molecular weight excluding hydrogens is 240 g/mol. The molecule has 1 heterocycles. The molecule has 1 aromatic heterocycles. The maximum atomic E-state index is 9.02. The zero-order chi connectivity index (χ0) is 13.5. The third-order valence-corrected chi connectivity index (χ3v) is 2.44. The van der Waals surface area contributed by atoms with Gasteiger partial charge in [-0.15, -0.1) is 0 Å². The number of ether oxygens (including phenoxy) is 2. The highest BCUT2D eigenvalue weighted by atomic mass is 16.5. The van der Waals surface area contributed by atoms with E-state index in [1.165, 1.54) is 6.20 Å². The Morgan fingerprint density at radius 3 is 2.68 bits per heavy atom. The summed E-state index contributed by atoms with van der Waals surface area (Å²) in [4.78, 5) is 3.96. The second-order valence-electron chi connectivity index (χ2n) is 3.88. The van der Waals surface area contributed by atoms with Gasteiger partial charge in [0.05, 0.1) is 18.4 Å². The molecule has 1 aromatic carbocycles. The topological polar surface area (TPSA) is 55.1 Å². The summed E-state index contributed by atoms with van der Waals surface area (Å²) in [5.74, 6) is 1.68. The normalized spacial score (nSPS) is 9.68. The lowest BCUT2D eigenvalue weighted by molar-refractivity contribution is 0.302. The zero-order valence-corrected chi connectivity index (χ0v) is 10.7. The molecule has 0 aliphatic heterocycles. The number of aromatic nitrogens is 1. The van der Waals surface area contributed by atoms with Gasteiger partial charge in [-0.25, -0.2) is 0 Å². The molecule has 0 saturated heterocycles. The fourth-order valence-corrected chi connectivity index (χ4v) is 1.54. The van der Waals surface area contributed by atoms with Crippen LogP contribution >= 0.6 is 0 Å². The summed E-state index contributed by atoms with van der Waals surface area (Å²) < 4.78 is 11.3. The lowest BCUT2D eigenvalue weighted by Gasteiger charge is -2.12. The summed E-state index contributed by atoms with van der Waals surface area (Å²) in [6, 6.07) is 11.1. The molecule has 0 aliphatic rings. The fourth-order valence-electron chi connectivity index (χ4n) is 1.54. The maximum Gasteiger partial charge on any atom is 0.169 e. The molecule has 0 atom stereocenters. The molecule has 4 heteroatoms. The van der Waals surface area contributed by atoms with Crippen molar-refractivity contribution in [3.8, 4) is 23.3 Å². The molecule has 0 N–H and O–H groups in total. The van der Waals surface area contributed by atoms with E-state index in [1.54, 1.807) is 18.3 Å². The lowest BCUT2D eigenvalue weighted by atomic mass is 10.2. The summed E-state index contributed by atoms with van der Waals surface area (Å²) in [7, 11) is 0. The van der Waals surface area contributed by atoms with Gasteiger partial charge in [-0.05, 0) is 24.6 Å². The van der Waals surface area contributed by atoms with Gasteiger partial charge in [0.15, 0.2) is 17.2 Å². The highest BCUT2D eigenvalue weighted by Gasteiger charge is 2.08. The van der Waals surface area contributed by atoms with Crippen LogP contribution in [0.2, 0.25) is 0 Å². The summed E-state index contributed by atoms with van der Waals surface area (Å²) in [5, 5.41) is 9.02. The van der Waals surface area contributed by atoms with Crippen molar-refractivity contribution in [1.82, 2.24) is 4.98 Å². The summed E-state index contributed by atoms with van der Waals surface area (Å²) in [6.07, 6.45) is 4.00. The predicted octanol–water partition coefficient (Wildman–Crippen LogP) is 3.53. The van der Waals surface area contributed by atoms with Gasteiger partial charge < -0.3 is 9.47 Å². The number of benzene rings is 1. The lowest BCUT2D eigenvalue weighted by Crippen LogP contribution is -1.98. The van der Waals surface area contributed by atoms with Crippen molar-refractivity contribution in [1.29, 1.82) is 5.26 Å². The third-order valence-electron chi connectivity index (χ3n) is 2.44. The molecule has 2 rings (SSSR count). The number of hydrogen-bond donors (Lipinski definition) is 0. The Bertz CT molecular complexity index is 591. The van der Waals surface area contributed by atoms with Crippen LogP contribution in [0, 0.1) is 11.3 Å². The second kappa shape index (κ2) is 6.41. The molecule has 2 aromatic rings. The van der Waals surface area contributed by atoms with E-state index >= 15 is 0 Å². The van der Waals surface area contributed by atoms with Gasteiger partial charge in [0, 0.05) is 6.20 Å². The number of nitriles is 1. The SMILES string of the molecule is CCCOc1ccccc1Oc1cnccc1C#N. The number of para-hydroxylation sites is 2. The minimum Gasteiger partial charge on any atom is -0.490 e. The minimum atomic E-state index is 0.428. The summed E-state index contributed by atoms with van der Waals surface area (Å²) in [5.41, 5.74) is 0.445. The number of nitrogens with zero attached hydrogens (tertiary/aromatic N) is 2. The van der Waals surface area contributed by atoms with Crippen molar-refractivity contribution < 1.29 is 9.47 Å². The van der Waals surface area contributed by atoms with Gasteiger partial charge in [-0.2, -0.15) is 5.26 Å². The highest BCUT2D eigenvalue weighted by Crippen LogP contribution is 2.32. The second-order valence-corrected chi connectivity index (χ2v) is 3.88. The quantitative estimate of drug-likeness (QED) is 0.819. The van der Waals surface area contributed by atoms with Gasteiger partial charge in [0.1, 0.15) is 6.07 Å². The molecule has 4 nitrogen and oxygen atoms in total. The van der Waals surface area contributed by atoms with Crippen molar-refractivity contribution in [2.45, 2.75) is 13.3 Å². The highest BCUT2D eigenvalue weighted by molar-refractivity contribution is 5.47. The molecule has 0 radical (unpaired) electrons. The van der Waals surface area contributed by atoms with Crippen LogP contribution < -0.4 is 9.47 Å². The first-order valence-electron chi connectivity index (χ1n) is 6.09. The van der Waals surface area contributed by atoms with E-state index in [1.807, 2.05) is 25.1 Å². The minimum absolute atomic E-state index is 0.428. The van der Waals surface area contributed by atoms with E-state index in [2.05, 4.69) is 11.1 Å². The summed E-state index contributed by atoms with van der Waals surface area (Å²) in [6.45, 7) is 2.66. The monoisotopic (exact) mass is 254 g/mol. The van der Waals surface area contributed by atoms with Gasteiger partial charge in [0.25, 0.3) is 0 Å². The first kappa shape index (κ1) is 12.9. The average Bonchev–Trinajstić information content (AvgIpc) is 2.47. The Balaban J connectivity index is 2.26. The molecule has 0 bridgehead atoms. The van der Waals surface area contributed by atoms with Crippen LogP contribution in [0.5, 0.6) is 17.2 Å². The molecule has 0 fully saturated rings. The smallest absolute Gasteiger partial charge is 0.169 e. The van der Waals surface area contributed by atoms with Gasteiger partial charge >= 0.3 is 0 Å². The van der Waals surface area contributed by atoms with E-state index in [4.69, 9.17) is 14.7 Å². The van der Waals surface area contributed by atoms with E-state index in [0.717, 1.165) is 6.42 Å². The molecule has 19 heavy (non-hydrogen) atoms. The largest absolute Gasteiger partial charge is 0.490 e. The Hall–Kier alpha value is -2.54. The van der Waals surface area contributed by atoms with E-state index in [-0.39, 0.29) is 0 Å². The van der Waals surface area contributed by atoms with Crippen molar-refractivity contribution in [2.24, 2.45) is 0 Å². The zero-order valence-electron chi connectivity index (χ0n) is 10.7. The molecule has 0 aliphatic carbocycles. The van der Waals surface area contributed by atoms with Gasteiger partial charge in [-0.1, -0.05) is 19.1 Å². The van der Waals surface area contributed by atoms with Crippen LogP contribution in [0.1, 0.15) is 18.9 Å². The van der Waals surface area contributed by atoms with E-state index < -0.39 is 0 Å². The van der Waals surface area contributed by atoms with Crippen LogP contribution in [0.25, 0.3) is 0 Å². The Kier molecular flexibility index (Phi) is 4.35. The molecule has 0 amide bonds. The predicted molar refractivity (Wildman–Crippen MR) is 71.3 cm³/mol. The third kappa shape index (κ3) is 3.23. The van der Waals surface area contributed by atoms with E-state index in [0.29, 0.717) is 29.4 Å². The number of pyridine rings is 1. The van der Waals surface area contributed by atoms with Crippen LogP contribution in [0.4, 0.5) is 0 Å². The van der Waals surface area contributed by atoms with Crippen LogP contribution in [0.3, 0.4) is 0 Å². The van der Waals surface area contributed by atoms with Gasteiger partial charge in [0.2, 0.25) is 0 Å². The van der Waals surface area contributed by atoms with Crippen LogP contribution in [-0.2, 0) is 0 Å². The average molecular weight is 254 g/mol. The van der Waals surface area contributed by atoms with E-state index in [9.17, 15) is 0 Å². The molecular formula is C15H14N2O2. The molecule has 0 unspecified atom stereocenters. The summed E-state index contributed by atoms with van der Waals surface area (Å²) >= 11 is 0. The molecule has 0 saturated carbocycles. The van der Waals surface area contributed by atoms with Crippen molar-refractivity contribution in [3.63, 3.8) is 0 Å². The first-order chi connectivity index (χ1) is 9.35. The van der Waals surface area contributed by atoms with Gasteiger partial charge in [-0.3, -0.25) is 4.98 Å².